The quantitative estimate of drug-likeness (QED) is 0.108. The Morgan fingerprint density at radius 3 is 2.04 bits per heavy atom. The first-order valence-electron chi connectivity index (χ1n) is 23.1. The lowest BCUT2D eigenvalue weighted by Crippen LogP contribution is -2.49. The van der Waals surface area contributed by atoms with Gasteiger partial charge in [0.15, 0.2) is 5.69 Å². The number of thiazole rings is 3. The first kappa shape index (κ1) is 56.4. The summed E-state index contributed by atoms with van der Waals surface area (Å²) in [5.41, 5.74) is 3.29. The third-order valence-corrected chi connectivity index (χ3v) is 14.3. The molecule has 0 spiro atoms. The van der Waals surface area contributed by atoms with Crippen molar-refractivity contribution in [2.45, 2.75) is 73.1 Å². The molecule has 26 nitrogen and oxygen atoms in total. The second-order valence-electron chi connectivity index (χ2n) is 17.5. The van der Waals surface area contributed by atoms with Gasteiger partial charge in [-0.25, -0.2) is 29.9 Å². The van der Waals surface area contributed by atoms with Crippen LogP contribution in [-0.2, 0) is 25.7 Å². The van der Waals surface area contributed by atoms with Gasteiger partial charge < -0.3 is 57.1 Å². The fourth-order valence-corrected chi connectivity index (χ4v) is 9.61. The maximum absolute atomic E-state index is 13.8. The van der Waals surface area contributed by atoms with Gasteiger partial charge in [0.25, 0.3) is 47.3 Å². The van der Waals surface area contributed by atoms with Crippen molar-refractivity contribution in [2.24, 2.45) is 11.7 Å². The Morgan fingerprint density at radius 1 is 0.692 bits per heavy atom. The van der Waals surface area contributed by atoms with Gasteiger partial charge in [-0.05, 0) is 52.7 Å². The summed E-state index contributed by atoms with van der Waals surface area (Å²) in [6.45, 7) is 25.6. The minimum absolute atomic E-state index is 0.00123. The maximum atomic E-state index is 13.8. The number of nitrogens with two attached hydrogens (primary N) is 1. The van der Waals surface area contributed by atoms with Crippen molar-refractivity contribution in [3.63, 3.8) is 0 Å². The molecule has 0 aliphatic carbocycles. The first-order valence-corrected chi connectivity index (χ1v) is 25.7. The zero-order chi connectivity index (χ0) is 57.0. The Kier molecular flexibility index (Phi) is 16.8. The second-order valence-corrected chi connectivity index (χ2v) is 20.5. The van der Waals surface area contributed by atoms with Crippen molar-refractivity contribution >= 4 is 92.9 Å². The lowest BCUT2D eigenvalue weighted by atomic mass is 10.0. The largest absolute Gasteiger partial charge is 0.443 e. The predicted octanol–water partition coefficient (Wildman–Crippen LogP) is 3.44. The Hall–Kier alpha value is -9.35. The van der Waals surface area contributed by atoms with Gasteiger partial charge in [-0.2, -0.15) is 0 Å². The number of amides is 9. The van der Waals surface area contributed by atoms with Gasteiger partial charge in [0, 0.05) is 21.2 Å². The molecule has 0 aromatic carbocycles. The number of aryl methyl sites for hydroxylation is 3. The molecule has 404 valence electrons. The van der Waals surface area contributed by atoms with Crippen LogP contribution in [0.2, 0.25) is 0 Å². The number of carbonyl (C=O) groups is 9. The van der Waals surface area contributed by atoms with Crippen LogP contribution in [0.15, 0.2) is 75.1 Å². The van der Waals surface area contributed by atoms with Gasteiger partial charge in [-0.1, -0.05) is 40.2 Å². The Morgan fingerprint density at radius 2 is 1.33 bits per heavy atom. The smallest absolute Gasteiger partial charge is 0.275 e. The van der Waals surface area contributed by atoms with E-state index in [1.165, 1.54) is 36.7 Å². The number of rotatable bonds is 6. The second kappa shape index (κ2) is 23.3. The molecule has 3 atom stereocenters. The number of hydrogen-bond donors (Lipinski definition) is 9. The lowest BCUT2D eigenvalue weighted by Gasteiger charge is -2.20. The van der Waals surface area contributed by atoms with Crippen LogP contribution in [-0.4, -0.2) is 89.1 Å². The molecular formula is C49H49N15O11S3. The van der Waals surface area contributed by atoms with E-state index in [0.29, 0.717) is 14.9 Å². The highest BCUT2D eigenvalue weighted by molar-refractivity contribution is 7.13. The zero-order valence-electron chi connectivity index (χ0n) is 42.6. The number of pyridine rings is 1. The van der Waals surface area contributed by atoms with E-state index in [0.717, 1.165) is 34.0 Å². The van der Waals surface area contributed by atoms with Crippen LogP contribution < -0.4 is 48.3 Å². The summed E-state index contributed by atoms with van der Waals surface area (Å²) in [7, 11) is 0. The maximum Gasteiger partial charge on any atom is 0.275 e. The zero-order valence-corrected chi connectivity index (χ0v) is 45.1. The van der Waals surface area contributed by atoms with Gasteiger partial charge in [0.1, 0.15) is 66.7 Å². The number of fused-ring (bicyclic) bond motifs is 13. The molecule has 10 bridgehead atoms. The number of hydrogen-bond acceptors (Lipinski definition) is 20. The molecule has 6 aromatic rings. The van der Waals surface area contributed by atoms with Crippen molar-refractivity contribution in [3.8, 4) is 22.0 Å². The van der Waals surface area contributed by atoms with E-state index < -0.39 is 94.3 Å². The van der Waals surface area contributed by atoms with Gasteiger partial charge in [0.05, 0.1) is 41.4 Å². The molecule has 0 radical (unpaired) electrons. The van der Waals surface area contributed by atoms with Crippen molar-refractivity contribution < 1.29 is 52.0 Å². The van der Waals surface area contributed by atoms with Gasteiger partial charge in [-0.15, -0.1) is 34.0 Å². The number of primary amides is 1. The number of carbonyl (C=O) groups excluding carboxylic acids is 9. The lowest BCUT2D eigenvalue weighted by molar-refractivity contribution is -0.124. The molecule has 9 amide bonds. The van der Waals surface area contributed by atoms with Gasteiger partial charge in [0.2, 0.25) is 17.7 Å². The molecule has 0 saturated carbocycles. The highest BCUT2D eigenvalue weighted by atomic mass is 32.1. The first-order chi connectivity index (χ1) is 36.8. The monoisotopic (exact) mass is 1120 g/mol. The van der Waals surface area contributed by atoms with Crippen LogP contribution in [0.25, 0.3) is 27.7 Å². The van der Waals surface area contributed by atoms with Crippen LogP contribution in [0, 0.1) is 26.7 Å². The summed E-state index contributed by atoms with van der Waals surface area (Å²) in [4.78, 5) is 146. The highest BCUT2D eigenvalue weighted by Crippen LogP contribution is 2.35. The Balaban J connectivity index is 1.21. The van der Waals surface area contributed by atoms with E-state index in [4.69, 9.17) is 14.6 Å². The third kappa shape index (κ3) is 12.7. The minimum atomic E-state index is -1.11. The van der Waals surface area contributed by atoms with Crippen LogP contribution in [0.5, 0.6) is 0 Å². The molecule has 0 fully saturated rings. The van der Waals surface area contributed by atoms with E-state index in [9.17, 15) is 43.2 Å². The minimum Gasteiger partial charge on any atom is -0.443 e. The molecule has 7 heterocycles. The summed E-state index contributed by atoms with van der Waals surface area (Å²) in [6, 6.07) is 0.229. The Bertz CT molecular complexity index is 3550. The van der Waals surface area contributed by atoms with E-state index in [1.54, 1.807) is 34.6 Å². The average molecular weight is 1120 g/mol. The summed E-state index contributed by atoms with van der Waals surface area (Å²) in [5.74, 6) is -7.64. The molecule has 7 rings (SSSR count). The Labute approximate surface area is 455 Å². The van der Waals surface area contributed by atoms with Crippen LogP contribution >= 0.6 is 34.0 Å². The summed E-state index contributed by atoms with van der Waals surface area (Å²) < 4.78 is 11.6. The molecule has 10 N–H and O–H groups in total. The van der Waals surface area contributed by atoms with E-state index in [2.05, 4.69) is 98.8 Å². The molecule has 1 aliphatic heterocycles. The summed E-state index contributed by atoms with van der Waals surface area (Å²) in [6.07, 6.45) is 0. The SMILES string of the molecule is C=C(NC(=O)C(=C)NC(=O)c1ccc2c(n1)-c1nc(oc1C)C(=C)NC(=O)C(=C)NC(=O)c1nc(sc1C)C(C)NC(=O)c1csc(n1)C(C)NC(=O)c1nc(oc1C)CNC(=O)C(C(C)C)NC(=O)c1csc-2n1)C(N)=O. The molecule has 1 aliphatic rings. The topological polar surface area (TPSA) is 380 Å². The van der Waals surface area contributed by atoms with E-state index >= 15 is 0 Å². The number of nitrogens with one attached hydrogen (secondary N) is 8. The number of oxazole rings is 2. The van der Waals surface area contributed by atoms with Crippen LogP contribution in [0.4, 0.5) is 0 Å². The van der Waals surface area contributed by atoms with Gasteiger partial charge >= 0.3 is 0 Å². The van der Waals surface area contributed by atoms with Crippen molar-refractivity contribution in [1.29, 1.82) is 0 Å². The van der Waals surface area contributed by atoms with E-state index in [1.807, 2.05) is 0 Å². The standard InChI is InChI=1S/C49H49N15O11S3/c1-17(2)32-43(71)51-14-31-61-34(25(10)74-31)44(72)57-22(7)47-59-29(15-76-47)41(69)56-23(8)48-64-35(26(11)78-48)45(73)54-20(5)39(67)55-21(6)46-63-33(24(9)75-46)36-27(49-60-30(16-77-49)42(70)62-32)12-13-28(58-36)40(68)53-19(4)38(66)52-18(3)37(50)65/h12-13,15-17,22-23,32H,3-6,14H2,1-2,7-11H3,(H2,50,65)(H,51,71)(H,52,66)(H,53,68)(H,54,73)(H,55,67)(H,56,69)(H,57,72)(H,62,70). The summed E-state index contributed by atoms with van der Waals surface area (Å²) in [5, 5.41) is 24.2. The van der Waals surface area contributed by atoms with Crippen molar-refractivity contribution in [2.75, 3.05) is 0 Å². The van der Waals surface area contributed by atoms with E-state index in [-0.39, 0.29) is 86.0 Å². The highest BCUT2D eigenvalue weighted by Gasteiger charge is 2.30. The van der Waals surface area contributed by atoms with Crippen molar-refractivity contribution in [3.05, 3.63) is 133 Å². The molecule has 78 heavy (non-hydrogen) atoms. The summed E-state index contributed by atoms with van der Waals surface area (Å²) >= 11 is 3.26. The predicted molar refractivity (Wildman–Crippen MR) is 282 cm³/mol. The fraction of sp³-hybridized carbons (Fsp3) is 0.245. The van der Waals surface area contributed by atoms with Crippen LogP contribution in [0.3, 0.4) is 0 Å². The normalized spacial score (nSPS) is 16.9. The molecule has 6 aromatic heterocycles. The fourth-order valence-electron chi connectivity index (χ4n) is 7.06. The number of aromatic nitrogens is 6. The average Bonchev–Trinajstić information content (AvgIpc) is 4.36. The van der Waals surface area contributed by atoms with Gasteiger partial charge in [-0.3, -0.25) is 43.2 Å². The molecule has 3 unspecified atom stereocenters. The molecule has 0 saturated heterocycles. The van der Waals surface area contributed by atoms with Crippen molar-refractivity contribution in [1.82, 2.24) is 72.4 Å². The molecular weight excluding hydrogens is 1070 g/mol. The number of nitrogens with zero attached hydrogens (tertiary/aromatic N) is 6. The molecule has 29 heteroatoms. The third-order valence-electron chi connectivity index (χ3n) is 11.2. The van der Waals surface area contributed by atoms with Crippen LogP contribution in [0.1, 0.15) is 130 Å².